The zero-order chi connectivity index (χ0) is 19.6. The minimum atomic E-state index is -0.208. The van der Waals surface area contributed by atoms with Crippen molar-refractivity contribution in [2.24, 2.45) is 0 Å². The molecule has 27 heavy (non-hydrogen) atoms. The third kappa shape index (κ3) is 4.34. The molecule has 1 aliphatic rings. The van der Waals surface area contributed by atoms with Crippen LogP contribution in [-0.2, 0) is 16.0 Å². The maximum atomic E-state index is 12.6. The van der Waals surface area contributed by atoms with Gasteiger partial charge < -0.3 is 16.0 Å². The second-order valence-electron chi connectivity index (χ2n) is 6.87. The standard InChI is InChI=1S/C21H23N3O3/c1-12-4-5-17(11-19(12)23-14(3)25)21(27)22-13(2)15-6-8-18-16(10-15)7-9-20(26)24-18/h4-6,8,10-11,13H,7,9H2,1-3H3,(H,22,27)(H,23,25)(H,24,26). The van der Waals surface area contributed by atoms with Crippen molar-refractivity contribution in [3.05, 3.63) is 58.7 Å². The van der Waals surface area contributed by atoms with Crippen LogP contribution in [0.15, 0.2) is 36.4 Å². The number of nitrogens with one attached hydrogen (secondary N) is 3. The zero-order valence-corrected chi connectivity index (χ0v) is 15.7. The summed E-state index contributed by atoms with van der Waals surface area (Å²) in [6.07, 6.45) is 1.18. The number of carbonyl (C=O) groups is 3. The molecular formula is C21H23N3O3. The fourth-order valence-electron chi connectivity index (χ4n) is 3.12. The van der Waals surface area contributed by atoms with E-state index in [-0.39, 0.29) is 23.8 Å². The number of hydrogen-bond donors (Lipinski definition) is 3. The lowest BCUT2D eigenvalue weighted by Crippen LogP contribution is -2.27. The zero-order valence-electron chi connectivity index (χ0n) is 15.7. The normalized spacial score (nSPS) is 14.0. The summed E-state index contributed by atoms with van der Waals surface area (Å²) >= 11 is 0. The van der Waals surface area contributed by atoms with E-state index >= 15 is 0 Å². The minimum Gasteiger partial charge on any atom is -0.346 e. The molecule has 0 radical (unpaired) electrons. The fourth-order valence-corrected chi connectivity index (χ4v) is 3.12. The van der Waals surface area contributed by atoms with Gasteiger partial charge in [-0.25, -0.2) is 0 Å². The van der Waals surface area contributed by atoms with E-state index in [2.05, 4.69) is 16.0 Å². The molecule has 3 N–H and O–H groups in total. The molecule has 3 rings (SSSR count). The summed E-state index contributed by atoms with van der Waals surface area (Å²) in [5.41, 5.74) is 4.91. The van der Waals surface area contributed by atoms with Crippen LogP contribution in [0.25, 0.3) is 0 Å². The molecule has 0 fully saturated rings. The van der Waals surface area contributed by atoms with Crippen LogP contribution in [-0.4, -0.2) is 17.7 Å². The molecule has 0 spiro atoms. The third-order valence-electron chi connectivity index (χ3n) is 4.68. The number of fused-ring (bicyclic) bond motifs is 1. The van der Waals surface area contributed by atoms with Gasteiger partial charge in [0.15, 0.2) is 0 Å². The average molecular weight is 365 g/mol. The average Bonchev–Trinajstić information content (AvgIpc) is 2.62. The van der Waals surface area contributed by atoms with Crippen LogP contribution in [0.3, 0.4) is 0 Å². The van der Waals surface area contributed by atoms with Crippen LogP contribution in [0.5, 0.6) is 0 Å². The molecule has 1 atom stereocenters. The molecule has 2 aromatic rings. The summed E-state index contributed by atoms with van der Waals surface area (Å²) in [6.45, 7) is 5.23. The van der Waals surface area contributed by atoms with E-state index in [0.29, 0.717) is 24.1 Å². The molecule has 140 valence electrons. The molecule has 0 aromatic heterocycles. The summed E-state index contributed by atoms with van der Waals surface area (Å²) < 4.78 is 0. The van der Waals surface area contributed by atoms with E-state index < -0.39 is 0 Å². The van der Waals surface area contributed by atoms with Gasteiger partial charge in [-0.3, -0.25) is 14.4 Å². The van der Waals surface area contributed by atoms with Crippen molar-refractivity contribution in [1.82, 2.24) is 5.32 Å². The lowest BCUT2D eigenvalue weighted by molar-refractivity contribution is -0.116. The number of benzene rings is 2. The molecule has 6 heteroatoms. The molecule has 1 unspecified atom stereocenters. The second kappa shape index (κ2) is 7.61. The maximum absolute atomic E-state index is 12.6. The fraction of sp³-hybridized carbons (Fsp3) is 0.286. The van der Waals surface area contributed by atoms with Gasteiger partial charge in [0, 0.05) is 30.3 Å². The van der Waals surface area contributed by atoms with Crippen LogP contribution in [0.4, 0.5) is 11.4 Å². The van der Waals surface area contributed by atoms with Gasteiger partial charge in [-0.15, -0.1) is 0 Å². The highest BCUT2D eigenvalue weighted by Gasteiger charge is 2.18. The SMILES string of the molecule is CC(=O)Nc1cc(C(=O)NC(C)c2ccc3c(c2)CCC(=O)N3)ccc1C. The van der Waals surface area contributed by atoms with E-state index in [4.69, 9.17) is 0 Å². The molecule has 2 aromatic carbocycles. The second-order valence-corrected chi connectivity index (χ2v) is 6.87. The van der Waals surface area contributed by atoms with Gasteiger partial charge in [0.1, 0.15) is 0 Å². The highest BCUT2D eigenvalue weighted by Crippen LogP contribution is 2.26. The van der Waals surface area contributed by atoms with Crippen molar-refractivity contribution in [2.45, 2.75) is 39.7 Å². The van der Waals surface area contributed by atoms with Crippen molar-refractivity contribution in [1.29, 1.82) is 0 Å². The van der Waals surface area contributed by atoms with Gasteiger partial charge in [0.2, 0.25) is 11.8 Å². The number of amides is 3. The first-order valence-electron chi connectivity index (χ1n) is 8.95. The lowest BCUT2D eigenvalue weighted by atomic mass is 9.97. The van der Waals surface area contributed by atoms with Crippen LogP contribution in [0.1, 0.15) is 53.4 Å². The van der Waals surface area contributed by atoms with E-state index in [1.807, 2.05) is 38.1 Å². The van der Waals surface area contributed by atoms with Crippen LogP contribution in [0.2, 0.25) is 0 Å². The number of carbonyl (C=O) groups excluding carboxylic acids is 3. The first-order chi connectivity index (χ1) is 12.8. The van der Waals surface area contributed by atoms with E-state index in [1.165, 1.54) is 6.92 Å². The van der Waals surface area contributed by atoms with Crippen molar-refractivity contribution in [3.63, 3.8) is 0 Å². The van der Waals surface area contributed by atoms with Crippen LogP contribution < -0.4 is 16.0 Å². The highest BCUT2D eigenvalue weighted by molar-refractivity contribution is 5.97. The number of hydrogen-bond acceptors (Lipinski definition) is 3. The summed E-state index contributed by atoms with van der Waals surface area (Å²) in [5, 5.41) is 8.59. The lowest BCUT2D eigenvalue weighted by Gasteiger charge is -2.20. The Morgan fingerprint density at radius 2 is 1.89 bits per heavy atom. The van der Waals surface area contributed by atoms with Gasteiger partial charge >= 0.3 is 0 Å². The number of rotatable bonds is 4. The Balaban J connectivity index is 1.74. The van der Waals surface area contributed by atoms with Crippen LogP contribution in [0, 0.1) is 6.92 Å². The first-order valence-corrected chi connectivity index (χ1v) is 8.95. The molecule has 1 aliphatic heterocycles. The summed E-state index contributed by atoms with van der Waals surface area (Å²) in [4.78, 5) is 35.4. The Labute approximate surface area is 158 Å². The maximum Gasteiger partial charge on any atom is 0.251 e. The van der Waals surface area contributed by atoms with E-state index in [0.717, 1.165) is 22.4 Å². The first kappa shape index (κ1) is 18.6. The summed E-state index contributed by atoms with van der Waals surface area (Å²) in [6, 6.07) is 10.9. The smallest absolute Gasteiger partial charge is 0.251 e. The molecule has 0 bridgehead atoms. The topological polar surface area (TPSA) is 87.3 Å². The van der Waals surface area contributed by atoms with E-state index in [9.17, 15) is 14.4 Å². The third-order valence-corrected chi connectivity index (χ3v) is 4.68. The summed E-state index contributed by atoms with van der Waals surface area (Å²) in [7, 11) is 0. The molecular weight excluding hydrogens is 342 g/mol. The Bertz CT molecular complexity index is 921. The minimum absolute atomic E-state index is 0.0333. The Morgan fingerprint density at radius 3 is 2.63 bits per heavy atom. The van der Waals surface area contributed by atoms with Crippen molar-refractivity contribution >= 4 is 29.1 Å². The molecule has 0 aliphatic carbocycles. The largest absolute Gasteiger partial charge is 0.346 e. The summed E-state index contributed by atoms with van der Waals surface area (Å²) in [5.74, 6) is -0.351. The Kier molecular flexibility index (Phi) is 5.26. The Morgan fingerprint density at radius 1 is 1.11 bits per heavy atom. The van der Waals surface area contributed by atoms with Crippen molar-refractivity contribution in [3.8, 4) is 0 Å². The van der Waals surface area contributed by atoms with Gasteiger partial charge in [0.25, 0.3) is 5.91 Å². The predicted molar refractivity (Wildman–Crippen MR) is 105 cm³/mol. The van der Waals surface area contributed by atoms with E-state index in [1.54, 1.807) is 12.1 Å². The van der Waals surface area contributed by atoms with Gasteiger partial charge in [-0.2, -0.15) is 0 Å². The molecule has 6 nitrogen and oxygen atoms in total. The van der Waals surface area contributed by atoms with Crippen molar-refractivity contribution in [2.75, 3.05) is 10.6 Å². The quantitative estimate of drug-likeness (QED) is 0.777. The molecule has 3 amide bonds. The Hall–Kier alpha value is -3.15. The number of aryl methyl sites for hydroxylation is 2. The molecule has 0 saturated heterocycles. The monoisotopic (exact) mass is 365 g/mol. The molecule has 0 saturated carbocycles. The predicted octanol–water partition coefficient (Wildman–Crippen LogP) is 3.33. The van der Waals surface area contributed by atoms with Gasteiger partial charge in [-0.05, 0) is 55.2 Å². The van der Waals surface area contributed by atoms with Gasteiger partial charge in [-0.1, -0.05) is 18.2 Å². The van der Waals surface area contributed by atoms with Crippen molar-refractivity contribution < 1.29 is 14.4 Å². The number of anilines is 2. The van der Waals surface area contributed by atoms with Crippen LogP contribution >= 0.6 is 0 Å². The highest BCUT2D eigenvalue weighted by atomic mass is 16.2. The molecule has 1 heterocycles. The van der Waals surface area contributed by atoms with Gasteiger partial charge in [0.05, 0.1) is 6.04 Å².